The molecule has 0 saturated heterocycles. The molecule has 1 atom stereocenters. The van der Waals surface area contributed by atoms with Crippen LogP contribution in [0.1, 0.15) is 33.1 Å². The van der Waals surface area contributed by atoms with Crippen molar-refractivity contribution in [3.63, 3.8) is 0 Å². The third-order valence-corrected chi connectivity index (χ3v) is 2.33. The van der Waals surface area contributed by atoms with Gasteiger partial charge in [0.05, 0.1) is 0 Å². The molecule has 1 unspecified atom stereocenters. The standard InChI is InChI=1S/C11H17NO4.ClH/c1-3-8-10(14)11(7(2)15-8)16-9(13)5-4-6-12;/h8H,3-6,12H2,1-2H3;1H. The van der Waals surface area contributed by atoms with E-state index in [1.54, 1.807) is 6.92 Å². The Labute approximate surface area is 107 Å². The predicted molar refractivity (Wildman–Crippen MR) is 64.5 cm³/mol. The molecule has 98 valence electrons. The fourth-order valence-corrected chi connectivity index (χ4v) is 1.44. The fourth-order valence-electron chi connectivity index (χ4n) is 1.44. The van der Waals surface area contributed by atoms with E-state index in [2.05, 4.69) is 0 Å². The minimum absolute atomic E-state index is 0. The van der Waals surface area contributed by atoms with Crippen LogP contribution in [0, 0.1) is 0 Å². The third-order valence-electron chi connectivity index (χ3n) is 2.33. The highest BCUT2D eigenvalue weighted by atomic mass is 35.5. The number of ketones is 1. The van der Waals surface area contributed by atoms with Gasteiger partial charge in [-0.1, -0.05) is 6.92 Å². The topological polar surface area (TPSA) is 78.6 Å². The number of hydrogen-bond donors (Lipinski definition) is 1. The van der Waals surface area contributed by atoms with Crippen LogP contribution >= 0.6 is 12.4 Å². The summed E-state index contributed by atoms with van der Waals surface area (Å²) < 4.78 is 10.2. The lowest BCUT2D eigenvalue weighted by atomic mass is 10.2. The van der Waals surface area contributed by atoms with E-state index in [9.17, 15) is 9.59 Å². The third kappa shape index (κ3) is 4.02. The maximum atomic E-state index is 11.7. The van der Waals surface area contributed by atoms with E-state index in [0.29, 0.717) is 25.1 Å². The van der Waals surface area contributed by atoms with Gasteiger partial charge in [0.2, 0.25) is 11.5 Å². The van der Waals surface area contributed by atoms with E-state index in [1.807, 2.05) is 6.92 Å². The number of hydrogen-bond acceptors (Lipinski definition) is 5. The van der Waals surface area contributed by atoms with Crippen molar-refractivity contribution in [2.75, 3.05) is 6.54 Å². The number of allylic oxidation sites excluding steroid dienone is 1. The Morgan fingerprint density at radius 2 is 2.18 bits per heavy atom. The van der Waals surface area contributed by atoms with Crippen LogP contribution in [0.25, 0.3) is 0 Å². The number of ether oxygens (including phenoxy) is 2. The zero-order valence-corrected chi connectivity index (χ0v) is 10.8. The van der Waals surface area contributed by atoms with Crippen LogP contribution in [0.5, 0.6) is 0 Å². The molecular formula is C11H18ClNO4. The summed E-state index contributed by atoms with van der Waals surface area (Å²) in [6.07, 6.45) is 0.840. The minimum atomic E-state index is -0.502. The Bertz CT molecular complexity index is 327. The number of nitrogens with two attached hydrogens (primary N) is 1. The summed E-state index contributed by atoms with van der Waals surface area (Å²) in [4.78, 5) is 23.0. The number of carbonyl (C=O) groups is 2. The lowest BCUT2D eigenvalue weighted by Gasteiger charge is -2.05. The maximum absolute atomic E-state index is 11.7. The molecule has 0 fully saturated rings. The van der Waals surface area contributed by atoms with E-state index >= 15 is 0 Å². The highest BCUT2D eigenvalue weighted by Gasteiger charge is 2.34. The van der Waals surface area contributed by atoms with Gasteiger partial charge in [-0.25, -0.2) is 0 Å². The van der Waals surface area contributed by atoms with Crippen molar-refractivity contribution >= 4 is 24.2 Å². The average molecular weight is 264 g/mol. The van der Waals surface area contributed by atoms with E-state index < -0.39 is 12.1 Å². The summed E-state index contributed by atoms with van der Waals surface area (Å²) in [6.45, 7) is 3.89. The van der Waals surface area contributed by atoms with Gasteiger partial charge in [0.25, 0.3) is 0 Å². The van der Waals surface area contributed by atoms with Crippen molar-refractivity contribution < 1.29 is 19.1 Å². The zero-order chi connectivity index (χ0) is 12.1. The van der Waals surface area contributed by atoms with Gasteiger partial charge in [-0.15, -0.1) is 12.4 Å². The van der Waals surface area contributed by atoms with Crippen LogP contribution in [0.4, 0.5) is 0 Å². The smallest absolute Gasteiger partial charge is 0.311 e. The molecular weight excluding hydrogens is 246 g/mol. The molecule has 0 radical (unpaired) electrons. The molecule has 6 heteroatoms. The molecule has 1 heterocycles. The molecule has 0 aromatic heterocycles. The highest BCUT2D eigenvalue weighted by Crippen LogP contribution is 2.24. The van der Waals surface area contributed by atoms with Crippen molar-refractivity contribution in [3.05, 3.63) is 11.5 Å². The Hall–Kier alpha value is -1.07. The Morgan fingerprint density at radius 3 is 2.65 bits per heavy atom. The summed E-state index contributed by atoms with van der Waals surface area (Å²) in [5, 5.41) is 0. The van der Waals surface area contributed by atoms with Gasteiger partial charge in [-0.2, -0.15) is 0 Å². The van der Waals surface area contributed by atoms with E-state index in [4.69, 9.17) is 15.2 Å². The first-order valence-corrected chi connectivity index (χ1v) is 5.42. The molecule has 17 heavy (non-hydrogen) atoms. The average Bonchev–Trinajstić information content (AvgIpc) is 2.53. The largest absolute Gasteiger partial charge is 0.483 e. The molecule has 1 aliphatic rings. The van der Waals surface area contributed by atoms with E-state index in [1.165, 1.54) is 0 Å². The van der Waals surface area contributed by atoms with Crippen molar-refractivity contribution in [2.45, 2.75) is 39.2 Å². The molecule has 0 aromatic rings. The Balaban J connectivity index is 0.00000256. The van der Waals surface area contributed by atoms with Crippen molar-refractivity contribution in [1.29, 1.82) is 0 Å². The summed E-state index contributed by atoms with van der Waals surface area (Å²) in [5.74, 6) is -0.249. The molecule has 1 rings (SSSR count). The van der Waals surface area contributed by atoms with Crippen LogP contribution in [0.2, 0.25) is 0 Å². The first-order chi connectivity index (χ1) is 7.60. The Kier molecular flexibility index (Phi) is 6.83. The van der Waals surface area contributed by atoms with Gasteiger partial charge in [-0.05, 0) is 26.3 Å². The quantitative estimate of drug-likeness (QED) is 0.757. The molecule has 5 nitrogen and oxygen atoms in total. The van der Waals surface area contributed by atoms with Gasteiger partial charge >= 0.3 is 5.97 Å². The molecule has 1 aliphatic heterocycles. The number of Topliss-reactive ketones (excluding diaryl/α,β-unsaturated/α-hetero) is 1. The van der Waals surface area contributed by atoms with Crippen molar-refractivity contribution in [2.24, 2.45) is 5.73 Å². The fraction of sp³-hybridized carbons (Fsp3) is 0.636. The summed E-state index contributed by atoms with van der Waals surface area (Å²) >= 11 is 0. The first kappa shape index (κ1) is 15.9. The van der Waals surface area contributed by atoms with Gasteiger partial charge in [0.15, 0.2) is 6.10 Å². The number of esters is 1. The second kappa shape index (κ2) is 7.29. The first-order valence-electron chi connectivity index (χ1n) is 5.42. The normalized spacial score (nSPS) is 18.8. The molecule has 0 saturated carbocycles. The van der Waals surface area contributed by atoms with E-state index in [-0.39, 0.29) is 30.4 Å². The molecule has 2 N–H and O–H groups in total. The molecule has 0 aromatic carbocycles. The Morgan fingerprint density at radius 1 is 1.53 bits per heavy atom. The lowest BCUT2D eigenvalue weighted by molar-refractivity contribution is -0.142. The summed E-state index contributed by atoms with van der Waals surface area (Å²) in [6, 6.07) is 0. The summed E-state index contributed by atoms with van der Waals surface area (Å²) in [7, 11) is 0. The van der Waals surface area contributed by atoms with Crippen LogP contribution in [0.15, 0.2) is 11.5 Å². The predicted octanol–water partition coefficient (Wildman–Crippen LogP) is 1.30. The number of rotatable bonds is 5. The van der Waals surface area contributed by atoms with Crippen LogP contribution < -0.4 is 5.73 Å². The van der Waals surface area contributed by atoms with Gasteiger partial charge < -0.3 is 15.2 Å². The lowest BCUT2D eigenvalue weighted by Crippen LogP contribution is -2.19. The van der Waals surface area contributed by atoms with Gasteiger partial charge in [0, 0.05) is 6.42 Å². The second-order valence-corrected chi connectivity index (χ2v) is 3.63. The van der Waals surface area contributed by atoms with Crippen molar-refractivity contribution in [1.82, 2.24) is 0 Å². The SMILES string of the molecule is CCC1OC(C)=C(OC(=O)CCCN)C1=O.Cl. The highest BCUT2D eigenvalue weighted by molar-refractivity contribution is 6.01. The monoisotopic (exact) mass is 263 g/mol. The van der Waals surface area contributed by atoms with Crippen LogP contribution in [0.3, 0.4) is 0 Å². The number of carbonyl (C=O) groups excluding carboxylic acids is 2. The van der Waals surface area contributed by atoms with Crippen LogP contribution in [-0.4, -0.2) is 24.4 Å². The van der Waals surface area contributed by atoms with Gasteiger partial charge in [0.1, 0.15) is 5.76 Å². The van der Waals surface area contributed by atoms with E-state index in [0.717, 1.165) is 0 Å². The molecule has 0 spiro atoms. The van der Waals surface area contributed by atoms with Crippen molar-refractivity contribution in [3.8, 4) is 0 Å². The molecule has 0 amide bonds. The zero-order valence-electron chi connectivity index (χ0n) is 10.0. The molecule has 0 aliphatic carbocycles. The second-order valence-electron chi connectivity index (χ2n) is 3.63. The van der Waals surface area contributed by atoms with Gasteiger partial charge in [-0.3, -0.25) is 9.59 Å². The number of halogens is 1. The summed E-state index contributed by atoms with van der Waals surface area (Å²) in [5.41, 5.74) is 5.27. The minimum Gasteiger partial charge on any atom is -0.483 e. The van der Waals surface area contributed by atoms with Crippen LogP contribution in [-0.2, 0) is 19.1 Å². The molecule has 0 bridgehead atoms. The maximum Gasteiger partial charge on any atom is 0.311 e.